The Hall–Kier alpha value is -3.70. The van der Waals surface area contributed by atoms with Crippen LogP contribution in [0, 0.1) is 10.1 Å². The third kappa shape index (κ3) is 4.07. The first kappa shape index (κ1) is 21.5. The molecule has 0 spiro atoms. The summed E-state index contributed by atoms with van der Waals surface area (Å²) >= 11 is 1.23. The second-order valence-corrected chi connectivity index (χ2v) is 8.04. The molecule has 3 aromatic rings. The Kier molecular flexibility index (Phi) is 5.93. The zero-order valence-electron chi connectivity index (χ0n) is 17.0. The van der Waals surface area contributed by atoms with Crippen molar-refractivity contribution >= 4 is 50.6 Å². The van der Waals surface area contributed by atoms with Crippen molar-refractivity contribution < 1.29 is 24.0 Å². The summed E-state index contributed by atoms with van der Waals surface area (Å²) < 4.78 is 7.57. The minimum absolute atomic E-state index is 0.0630. The van der Waals surface area contributed by atoms with Gasteiger partial charge in [0.25, 0.3) is 11.6 Å². The van der Waals surface area contributed by atoms with Crippen molar-refractivity contribution in [2.75, 3.05) is 18.6 Å². The van der Waals surface area contributed by atoms with Gasteiger partial charge in [0.05, 0.1) is 27.4 Å². The quantitative estimate of drug-likeness (QED) is 0.320. The number of rotatable bonds is 6. The Labute approximate surface area is 185 Å². The molecule has 32 heavy (non-hydrogen) atoms. The van der Waals surface area contributed by atoms with Crippen LogP contribution in [-0.4, -0.2) is 40.9 Å². The number of carbonyl (C=O) groups excluding carboxylic acids is 3. The number of benzene rings is 2. The van der Waals surface area contributed by atoms with E-state index in [0.29, 0.717) is 29.2 Å². The number of anilines is 1. The Morgan fingerprint density at radius 2 is 1.94 bits per heavy atom. The van der Waals surface area contributed by atoms with E-state index in [0.717, 1.165) is 9.60 Å². The molecule has 0 unspecified atom stereocenters. The van der Waals surface area contributed by atoms with E-state index in [2.05, 4.69) is 4.99 Å². The van der Waals surface area contributed by atoms with Crippen molar-refractivity contribution in [2.45, 2.75) is 19.4 Å². The fourth-order valence-corrected chi connectivity index (χ4v) is 4.48. The number of fused-ring (bicyclic) bond motifs is 1. The Morgan fingerprint density at radius 3 is 2.62 bits per heavy atom. The fraction of sp³-hybridized carbons (Fsp3) is 0.238. The van der Waals surface area contributed by atoms with E-state index in [1.807, 2.05) is 0 Å². The maximum absolute atomic E-state index is 12.9. The van der Waals surface area contributed by atoms with Crippen LogP contribution in [0.15, 0.2) is 47.5 Å². The molecular weight excluding hydrogens is 436 g/mol. The summed E-state index contributed by atoms with van der Waals surface area (Å²) in [5, 5.41) is 11.2. The molecule has 1 saturated heterocycles. The number of ether oxygens (including phenoxy) is 1. The Bertz CT molecular complexity index is 1310. The van der Waals surface area contributed by atoms with E-state index in [4.69, 9.17) is 4.74 Å². The van der Waals surface area contributed by atoms with E-state index in [1.54, 1.807) is 28.8 Å². The minimum Gasteiger partial charge on any atom is -0.383 e. The van der Waals surface area contributed by atoms with E-state index < -0.39 is 10.8 Å². The van der Waals surface area contributed by atoms with Gasteiger partial charge < -0.3 is 9.30 Å². The molecule has 0 N–H and O–H groups in total. The number of nitrogens with zero attached hydrogens (tertiary/aromatic N) is 4. The summed E-state index contributed by atoms with van der Waals surface area (Å²) in [6, 6.07) is 10.7. The third-order valence-corrected chi connectivity index (χ3v) is 6.05. The van der Waals surface area contributed by atoms with Crippen molar-refractivity contribution in [3.63, 3.8) is 0 Å². The molecule has 4 rings (SSSR count). The summed E-state index contributed by atoms with van der Waals surface area (Å²) in [6.45, 7) is 0.672. The zero-order valence-corrected chi connectivity index (χ0v) is 17.8. The van der Waals surface area contributed by atoms with Gasteiger partial charge in [0, 0.05) is 44.2 Å². The maximum atomic E-state index is 12.9. The molecule has 2 aromatic carbocycles. The smallest absolute Gasteiger partial charge is 0.279 e. The molecule has 3 amide bonds. The van der Waals surface area contributed by atoms with E-state index in [1.165, 1.54) is 36.6 Å². The van der Waals surface area contributed by atoms with Gasteiger partial charge in [0.1, 0.15) is 0 Å². The van der Waals surface area contributed by atoms with Gasteiger partial charge in [0.2, 0.25) is 11.8 Å². The van der Waals surface area contributed by atoms with E-state index in [9.17, 15) is 24.5 Å². The number of thiazole rings is 1. The first-order chi connectivity index (χ1) is 15.4. The molecule has 11 heteroatoms. The van der Waals surface area contributed by atoms with E-state index >= 15 is 0 Å². The molecule has 10 nitrogen and oxygen atoms in total. The average molecular weight is 454 g/mol. The summed E-state index contributed by atoms with van der Waals surface area (Å²) in [4.78, 5) is 53.3. The van der Waals surface area contributed by atoms with E-state index in [-0.39, 0.29) is 35.9 Å². The monoisotopic (exact) mass is 454 g/mol. The number of nitro benzene ring substituents is 1. The lowest BCUT2D eigenvalue weighted by atomic mass is 10.2. The molecule has 1 fully saturated rings. The number of hydrogen-bond acceptors (Lipinski definition) is 7. The largest absolute Gasteiger partial charge is 0.383 e. The number of amides is 3. The lowest BCUT2D eigenvalue weighted by molar-refractivity contribution is -0.384. The zero-order chi connectivity index (χ0) is 22.8. The van der Waals surface area contributed by atoms with Crippen LogP contribution in [0.2, 0.25) is 0 Å². The van der Waals surface area contributed by atoms with Gasteiger partial charge in [-0.05, 0) is 24.3 Å². The second kappa shape index (κ2) is 8.81. The molecule has 0 atom stereocenters. The number of non-ortho nitro benzene ring substituents is 1. The molecule has 1 aliphatic heterocycles. The summed E-state index contributed by atoms with van der Waals surface area (Å²) in [6.07, 6.45) is 0.295. The van der Waals surface area contributed by atoms with Crippen LogP contribution in [0.5, 0.6) is 0 Å². The third-order valence-electron chi connectivity index (χ3n) is 5.00. The number of carbonyl (C=O) groups is 3. The normalized spacial score (nSPS) is 14.5. The maximum Gasteiger partial charge on any atom is 0.279 e. The number of methoxy groups -OCH3 is 1. The Morgan fingerprint density at radius 1 is 1.19 bits per heavy atom. The molecule has 0 bridgehead atoms. The minimum atomic E-state index is -0.557. The standard InChI is InChI=1S/C21H18N4O6S/c1-31-10-9-23-16-12-15(25(29)30)5-6-17(16)32-21(23)22-20(28)13-3-2-4-14(11-13)24-18(26)7-8-19(24)27/h2-6,11-12H,7-10H2,1H3. The Balaban J connectivity index is 1.76. The van der Waals surface area contributed by atoms with Crippen molar-refractivity contribution in [3.05, 3.63) is 62.9 Å². The predicted octanol–water partition coefficient (Wildman–Crippen LogP) is 2.65. The lowest BCUT2D eigenvalue weighted by Crippen LogP contribution is -2.28. The highest BCUT2D eigenvalue weighted by molar-refractivity contribution is 7.16. The highest BCUT2D eigenvalue weighted by atomic mass is 32.1. The lowest BCUT2D eigenvalue weighted by Gasteiger charge is -2.14. The number of imide groups is 1. The van der Waals surface area contributed by atoms with Gasteiger partial charge in [-0.2, -0.15) is 4.99 Å². The number of hydrogen-bond donors (Lipinski definition) is 0. The van der Waals surface area contributed by atoms with Gasteiger partial charge in [-0.25, -0.2) is 0 Å². The molecule has 0 radical (unpaired) electrons. The number of nitro groups is 1. The van der Waals surface area contributed by atoms with Crippen LogP contribution in [0.25, 0.3) is 10.2 Å². The van der Waals surface area contributed by atoms with Crippen LogP contribution < -0.4 is 9.70 Å². The number of aromatic nitrogens is 1. The van der Waals surface area contributed by atoms with Crippen LogP contribution in [-0.2, 0) is 20.9 Å². The molecule has 1 aromatic heterocycles. The van der Waals surface area contributed by atoms with Gasteiger partial charge in [-0.1, -0.05) is 17.4 Å². The summed E-state index contributed by atoms with van der Waals surface area (Å²) in [7, 11) is 1.53. The first-order valence-corrected chi connectivity index (χ1v) is 10.5. The SMILES string of the molecule is COCCn1c(=NC(=O)c2cccc(N3C(=O)CCC3=O)c2)sc2ccc([N+](=O)[O-])cc21. The second-order valence-electron chi connectivity index (χ2n) is 7.03. The van der Waals surface area contributed by atoms with Gasteiger partial charge >= 0.3 is 0 Å². The van der Waals surface area contributed by atoms with Gasteiger partial charge in [-0.3, -0.25) is 29.4 Å². The average Bonchev–Trinajstić information content (AvgIpc) is 3.30. The molecule has 164 valence electrons. The molecule has 1 aliphatic rings. The molecule has 0 aliphatic carbocycles. The van der Waals surface area contributed by atoms with Crippen molar-refractivity contribution in [1.29, 1.82) is 0 Å². The van der Waals surface area contributed by atoms with Crippen LogP contribution in [0.3, 0.4) is 0 Å². The van der Waals surface area contributed by atoms with Gasteiger partial charge in [-0.15, -0.1) is 0 Å². The molecular formula is C21H18N4O6S. The molecule has 2 heterocycles. The highest BCUT2D eigenvalue weighted by Gasteiger charge is 2.30. The van der Waals surface area contributed by atoms with Crippen LogP contribution in [0.1, 0.15) is 23.2 Å². The fourth-order valence-electron chi connectivity index (χ4n) is 3.45. The highest BCUT2D eigenvalue weighted by Crippen LogP contribution is 2.25. The van der Waals surface area contributed by atoms with Crippen molar-refractivity contribution in [3.8, 4) is 0 Å². The molecule has 0 saturated carbocycles. The first-order valence-electron chi connectivity index (χ1n) is 9.70. The van der Waals surface area contributed by atoms with Crippen molar-refractivity contribution in [2.24, 2.45) is 4.99 Å². The van der Waals surface area contributed by atoms with Gasteiger partial charge in [0.15, 0.2) is 4.80 Å². The predicted molar refractivity (Wildman–Crippen MR) is 116 cm³/mol. The van der Waals surface area contributed by atoms with Crippen LogP contribution in [0.4, 0.5) is 11.4 Å². The summed E-state index contributed by atoms with van der Waals surface area (Å²) in [5.41, 5.74) is 1.07. The van der Waals surface area contributed by atoms with Crippen molar-refractivity contribution in [1.82, 2.24) is 4.57 Å². The topological polar surface area (TPSA) is 124 Å². The van der Waals surface area contributed by atoms with Crippen LogP contribution >= 0.6 is 11.3 Å². The summed E-state index contributed by atoms with van der Waals surface area (Å²) in [5.74, 6) is -1.17.